The van der Waals surface area contributed by atoms with Crippen molar-refractivity contribution in [2.45, 2.75) is 19.4 Å². The summed E-state index contributed by atoms with van der Waals surface area (Å²) in [5.41, 5.74) is 5.78. The summed E-state index contributed by atoms with van der Waals surface area (Å²) in [4.78, 5) is 0. The third-order valence-corrected chi connectivity index (χ3v) is 2.14. The van der Waals surface area contributed by atoms with E-state index in [4.69, 9.17) is 15.2 Å². The Balaban J connectivity index is 3.44. The molecule has 0 aromatic heterocycles. The summed E-state index contributed by atoms with van der Waals surface area (Å²) in [6.07, 6.45) is 0. The third kappa shape index (κ3) is 2.33. The standard InChI is InChI=1S/C11H17NO3/c1-11(2,13)10-8(14-3)5-7(12)6-9(10)15-4/h5-6,13H,12H2,1-4H3. The Hall–Kier alpha value is -1.42. The molecule has 0 fully saturated rings. The van der Waals surface area contributed by atoms with E-state index in [9.17, 15) is 5.11 Å². The molecule has 1 aromatic carbocycles. The van der Waals surface area contributed by atoms with Crippen LogP contribution in [-0.4, -0.2) is 19.3 Å². The van der Waals surface area contributed by atoms with Crippen LogP contribution in [0.25, 0.3) is 0 Å². The van der Waals surface area contributed by atoms with E-state index in [0.29, 0.717) is 22.7 Å². The molecule has 84 valence electrons. The van der Waals surface area contributed by atoms with Gasteiger partial charge < -0.3 is 20.3 Å². The predicted octanol–water partition coefficient (Wildman–Crippen LogP) is 1.51. The Morgan fingerprint density at radius 1 is 1.13 bits per heavy atom. The van der Waals surface area contributed by atoms with Crippen molar-refractivity contribution >= 4 is 5.69 Å². The van der Waals surface area contributed by atoms with Crippen LogP contribution in [0.4, 0.5) is 5.69 Å². The number of rotatable bonds is 3. The molecule has 4 nitrogen and oxygen atoms in total. The second-order valence-corrected chi connectivity index (χ2v) is 3.86. The van der Waals surface area contributed by atoms with Crippen molar-refractivity contribution in [2.75, 3.05) is 20.0 Å². The van der Waals surface area contributed by atoms with Crippen LogP contribution < -0.4 is 15.2 Å². The molecule has 0 heterocycles. The van der Waals surface area contributed by atoms with Gasteiger partial charge in [0, 0.05) is 17.8 Å². The number of hydrogen-bond acceptors (Lipinski definition) is 4. The molecule has 0 bridgehead atoms. The summed E-state index contributed by atoms with van der Waals surface area (Å²) >= 11 is 0. The zero-order chi connectivity index (χ0) is 11.6. The molecule has 0 unspecified atom stereocenters. The van der Waals surface area contributed by atoms with Gasteiger partial charge in [-0.1, -0.05) is 0 Å². The molecular weight excluding hydrogens is 194 g/mol. The minimum atomic E-state index is -1.04. The second kappa shape index (κ2) is 3.98. The summed E-state index contributed by atoms with van der Waals surface area (Å²) in [5.74, 6) is 1.05. The quantitative estimate of drug-likeness (QED) is 0.744. The van der Waals surface area contributed by atoms with Crippen molar-refractivity contribution in [2.24, 2.45) is 0 Å². The molecule has 4 heteroatoms. The van der Waals surface area contributed by atoms with Crippen LogP contribution >= 0.6 is 0 Å². The minimum absolute atomic E-state index is 0.527. The van der Waals surface area contributed by atoms with Crippen molar-refractivity contribution < 1.29 is 14.6 Å². The first-order valence-electron chi connectivity index (χ1n) is 4.64. The molecule has 1 rings (SSSR count). The summed E-state index contributed by atoms with van der Waals surface area (Å²) in [7, 11) is 3.06. The van der Waals surface area contributed by atoms with Gasteiger partial charge in [-0.15, -0.1) is 0 Å². The number of hydrogen-bond donors (Lipinski definition) is 2. The first-order valence-corrected chi connectivity index (χ1v) is 4.64. The van der Waals surface area contributed by atoms with E-state index in [-0.39, 0.29) is 0 Å². The topological polar surface area (TPSA) is 64.7 Å². The van der Waals surface area contributed by atoms with Gasteiger partial charge in [0.15, 0.2) is 0 Å². The van der Waals surface area contributed by atoms with Gasteiger partial charge >= 0.3 is 0 Å². The fourth-order valence-corrected chi connectivity index (χ4v) is 1.54. The first kappa shape index (κ1) is 11.7. The Labute approximate surface area is 89.6 Å². The van der Waals surface area contributed by atoms with Gasteiger partial charge in [0.2, 0.25) is 0 Å². The van der Waals surface area contributed by atoms with Gasteiger partial charge in [0.1, 0.15) is 11.5 Å². The fourth-order valence-electron chi connectivity index (χ4n) is 1.54. The Morgan fingerprint density at radius 2 is 1.53 bits per heavy atom. The second-order valence-electron chi connectivity index (χ2n) is 3.86. The average molecular weight is 211 g/mol. The van der Waals surface area contributed by atoms with Crippen molar-refractivity contribution in [3.63, 3.8) is 0 Å². The summed E-state index contributed by atoms with van der Waals surface area (Å²) in [6.45, 7) is 3.34. The van der Waals surface area contributed by atoms with Crippen LogP contribution in [0.1, 0.15) is 19.4 Å². The fraction of sp³-hybridized carbons (Fsp3) is 0.455. The van der Waals surface area contributed by atoms with Crippen LogP contribution in [0.15, 0.2) is 12.1 Å². The zero-order valence-corrected chi connectivity index (χ0v) is 9.50. The summed E-state index contributed by atoms with van der Waals surface area (Å²) < 4.78 is 10.4. The van der Waals surface area contributed by atoms with Gasteiger partial charge in [-0.25, -0.2) is 0 Å². The molecule has 0 aliphatic heterocycles. The van der Waals surface area contributed by atoms with E-state index in [1.54, 1.807) is 26.0 Å². The number of anilines is 1. The van der Waals surface area contributed by atoms with E-state index >= 15 is 0 Å². The third-order valence-electron chi connectivity index (χ3n) is 2.14. The number of ether oxygens (including phenoxy) is 2. The number of nitrogens with two attached hydrogens (primary N) is 1. The van der Waals surface area contributed by atoms with E-state index in [1.807, 2.05) is 0 Å². The van der Waals surface area contributed by atoms with Crippen LogP contribution in [0, 0.1) is 0 Å². The SMILES string of the molecule is COc1cc(N)cc(OC)c1C(C)(C)O. The minimum Gasteiger partial charge on any atom is -0.496 e. The summed E-state index contributed by atoms with van der Waals surface area (Å²) in [5, 5.41) is 10.0. The van der Waals surface area contributed by atoms with Crippen molar-refractivity contribution in [1.29, 1.82) is 0 Å². The Bertz CT molecular complexity index is 330. The van der Waals surface area contributed by atoms with Gasteiger partial charge in [-0.3, -0.25) is 0 Å². The maximum Gasteiger partial charge on any atom is 0.130 e. The molecular formula is C11H17NO3. The number of aliphatic hydroxyl groups is 1. The molecule has 0 atom stereocenters. The van der Waals surface area contributed by atoms with Gasteiger partial charge in [0.05, 0.1) is 25.4 Å². The molecule has 0 aliphatic carbocycles. The van der Waals surface area contributed by atoms with Gasteiger partial charge in [-0.05, 0) is 13.8 Å². The Morgan fingerprint density at radius 3 is 1.80 bits per heavy atom. The molecule has 1 aromatic rings. The maximum absolute atomic E-state index is 10.0. The molecule has 0 saturated carbocycles. The van der Waals surface area contributed by atoms with Crippen LogP contribution in [-0.2, 0) is 5.60 Å². The normalized spacial score (nSPS) is 11.3. The smallest absolute Gasteiger partial charge is 0.130 e. The lowest BCUT2D eigenvalue weighted by molar-refractivity contribution is 0.0726. The number of nitrogen functional groups attached to an aromatic ring is 1. The van der Waals surface area contributed by atoms with Gasteiger partial charge in [0.25, 0.3) is 0 Å². The summed E-state index contributed by atoms with van der Waals surface area (Å²) in [6, 6.07) is 3.33. The van der Waals surface area contributed by atoms with Gasteiger partial charge in [-0.2, -0.15) is 0 Å². The maximum atomic E-state index is 10.0. The molecule has 0 saturated heterocycles. The molecule has 0 aliphatic rings. The van der Waals surface area contributed by atoms with E-state index in [2.05, 4.69) is 0 Å². The lowest BCUT2D eigenvalue weighted by Crippen LogP contribution is -2.18. The first-order chi connectivity index (χ1) is 6.90. The number of methoxy groups -OCH3 is 2. The van der Waals surface area contributed by atoms with E-state index in [0.717, 1.165) is 0 Å². The zero-order valence-electron chi connectivity index (χ0n) is 9.50. The highest BCUT2D eigenvalue weighted by Crippen LogP contribution is 2.39. The average Bonchev–Trinajstić information content (AvgIpc) is 2.14. The molecule has 0 radical (unpaired) electrons. The van der Waals surface area contributed by atoms with Crippen LogP contribution in [0.2, 0.25) is 0 Å². The lowest BCUT2D eigenvalue weighted by atomic mass is 9.95. The molecule has 3 N–H and O–H groups in total. The largest absolute Gasteiger partial charge is 0.496 e. The number of benzene rings is 1. The highest BCUT2D eigenvalue weighted by atomic mass is 16.5. The molecule has 0 amide bonds. The highest BCUT2D eigenvalue weighted by molar-refractivity contribution is 5.58. The van der Waals surface area contributed by atoms with Crippen molar-refractivity contribution in [3.05, 3.63) is 17.7 Å². The van der Waals surface area contributed by atoms with E-state index < -0.39 is 5.60 Å². The highest BCUT2D eigenvalue weighted by Gasteiger charge is 2.26. The lowest BCUT2D eigenvalue weighted by Gasteiger charge is -2.23. The molecule has 0 spiro atoms. The monoisotopic (exact) mass is 211 g/mol. The van der Waals surface area contributed by atoms with Crippen LogP contribution in [0.3, 0.4) is 0 Å². The van der Waals surface area contributed by atoms with Crippen molar-refractivity contribution in [1.82, 2.24) is 0 Å². The predicted molar refractivity (Wildman–Crippen MR) is 59.2 cm³/mol. The van der Waals surface area contributed by atoms with E-state index in [1.165, 1.54) is 14.2 Å². The molecule has 15 heavy (non-hydrogen) atoms. The van der Waals surface area contributed by atoms with Crippen molar-refractivity contribution in [3.8, 4) is 11.5 Å². The van der Waals surface area contributed by atoms with Crippen LogP contribution in [0.5, 0.6) is 11.5 Å². The Kier molecular flexibility index (Phi) is 3.09.